The molecule has 0 spiro atoms. The van der Waals surface area contributed by atoms with Crippen LogP contribution in [0.15, 0.2) is 49.8 Å². The van der Waals surface area contributed by atoms with E-state index in [1.54, 1.807) is 0 Å². The summed E-state index contributed by atoms with van der Waals surface area (Å²) < 4.78 is 56.8. The maximum atomic E-state index is 13.8. The molecule has 0 radical (unpaired) electrons. The Morgan fingerprint density at radius 1 is 1.32 bits per heavy atom. The van der Waals surface area contributed by atoms with Gasteiger partial charge in [-0.05, 0) is 47.0 Å². The van der Waals surface area contributed by atoms with Gasteiger partial charge < -0.3 is 0 Å². The highest BCUT2D eigenvalue weighted by atomic mass is 79.9. The molecule has 0 heterocycles. The Bertz CT molecular complexity index is 825. The molecule has 2 rings (SSSR count). The van der Waals surface area contributed by atoms with E-state index in [0.29, 0.717) is 6.07 Å². The molecule has 0 aliphatic heterocycles. The minimum Gasteiger partial charge on any atom is -0.299 e. The second kappa shape index (κ2) is 6.31. The van der Waals surface area contributed by atoms with Crippen LogP contribution in [-0.2, 0) is 10.0 Å². The molecule has 116 valence electrons. The van der Waals surface area contributed by atoms with E-state index in [9.17, 15) is 17.2 Å². The molecule has 0 saturated heterocycles. The van der Waals surface area contributed by atoms with E-state index in [0.717, 1.165) is 6.07 Å². The van der Waals surface area contributed by atoms with Gasteiger partial charge in [0.25, 0.3) is 10.0 Å². The van der Waals surface area contributed by atoms with Gasteiger partial charge in [0.05, 0.1) is 11.4 Å². The van der Waals surface area contributed by atoms with E-state index in [1.165, 1.54) is 18.2 Å². The van der Waals surface area contributed by atoms with Gasteiger partial charge in [-0.1, -0.05) is 6.08 Å². The summed E-state index contributed by atoms with van der Waals surface area (Å²) in [7, 11) is -4.36. The van der Waals surface area contributed by atoms with Crippen molar-refractivity contribution in [2.75, 3.05) is 0 Å². The smallest absolute Gasteiger partial charge is 0.266 e. The number of nitrogens with zero attached hydrogens (tertiary/aromatic N) is 1. The summed E-state index contributed by atoms with van der Waals surface area (Å²) in [6, 6.07) is 1.30. The monoisotopic (exact) mass is 407 g/mol. The van der Waals surface area contributed by atoms with E-state index in [2.05, 4.69) is 37.9 Å². The van der Waals surface area contributed by atoms with Gasteiger partial charge in [-0.2, -0.15) is 0 Å². The summed E-state index contributed by atoms with van der Waals surface area (Å²) in [5.41, 5.74) is -0.125. The van der Waals surface area contributed by atoms with Crippen LogP contribution in [0.25, 0.3) is 0 Å². The van der Waals surface area contributed by atoms with Crippen LogP contribution in [-0.4, -0.2) is 19.8 Å². The zero-order chi connectivity index (χ0) is 16.5. The van der Waals surface area contributed by atoms with Crippen LogP contribution in [0.4, 0.5) is 8.78 Å². The highest BCUT2D eigenvalue weighted by Crippen LogP contribution is 2.27. The second-order valence-electron chi connectivity index (χ2n) is 4.11. The fourth-order valence-electron chi connectivity index (χ4n) is 1.72. The lowest BCUT2D eigenvalue weighted by Gasteiger charge is -2.16. The second-order valence-corrected chi connectivity index (χ2v) is 6.78. The first-order chi connectivity index (χ1) is 10.3. The topological polar surface area (TPSA) is 82.4 Å². The van der Waals surface area contributed by atoms with Gasteiger partial charge >= 0.3 is 0 Å². The summed E-state index contributed by atoms with van der Waals surface area (Å²) in [6.07, 6.45) is 4.17. The number of hydrogen-bond donors (Lipinski definition) is 3. The first kappa shape index (κ1) is 16.8. The van der Waals surface area contributed by atoms with Crippen LogP contribution < -0.4 is 4.72 Å². The molecule has 1 aromatic carbocycles. The standard InChI is InChI=1S/C12H8BrF2N3O2S2/c13-7-4-6(14)5-8(15)12(7)22(19,20)18-10-3-1-2-9(16)11(10)17-21/h1-5,16,18,21H/b16-9?,17-11+. The van der Waals surface area contributed by atoms with Crippen LogP contribution >= 0.6 is 28.7 Å². The summed E-state index contributed by atoms with van der Waals surface area (Å²) in [4.78, 5) is -0.741. The Morgan fingerprint density at radius 2 is 2.00 bits per heavy atom. The van der Waals surface area contributed by atoms with Gasteiger partial charge in [-0.15, -0.1) is 0 Å². The molecular weight excluding hydrogens is 400 g/mol. The fraction of sp³-hybridized carbons (Fsp3) is 0. The molecule has 1 aliphatic carbocycles. The molecule has 0 bridgehead atoms. The molecule has 0 aromatic heterocycles. The Labute approximate surface area is 139 Å². The minimum atomic E-state index is -4.36. The first-order valence-electron chi connectivity index (χ1n) is 5.63. The first-order valence-corrected chi connectivity index (χ1v) is 8.31. The highest BCUT2D eigenvalue weighted by molar-refractivity contribution is 9.10. The number of rotatable bonds is 3. The van der Waals surface area contributed by atoms with Crippen molar-refractivity contribution in [3.05, 3.63) is 52.2 Å². The predicted molar refractivity (Wildman–Crippen MR) is 85.8 cm³/mol. The maximum Gasteiger partial charge on any atom is 0.266 e. The van der Waals surface area contributed by atoms with Crippen molar-refractivity contribution in [1.29, 1.82) is 5.41 Å². The molecule has 22 heavy (non-hydrogen) atoms. The third-order valence-electron chi connectivity index (χ3n) is 2.61. The fourth-order valence-corrected chi connectivity index (χ4v) is 4.17. The summed E-state index contributed by atoms with van der Waals surface area (Å²) in [6.45, 7) is 0. The van der Waals surface area contributed by atoms with Crippen molar-refractivity contribution >= 4 is 50.2 Å². The number of thiol groups is 1. The number of sulfonamides is 1. The molecule has 0 atom stereocenters. The SMILES string of the molecule is N=C1C=CC=C(NS(=O)(=O)c2c(F)cc(F)cc2Br)/C1=N/S. The number of hydrogen-bond acceptors (Lipinski definition) is 5. The van der Waals surface area contributed by atoms with Gasteiger partial charge in [-0.25, -0.2) is 21.6 Å². The van der Waals surface area contributed by atoms with E-state index < -0.39 is 26.6 Å². The van der Waals surface area contributed by atoms with Gasteiger partial charge in [0.1, 0.15) is 22.2 Å². The van der Waals surface area contributed by atoms with E-state index in [-0.39, 0.29) is 21.6 Å². The van der Waals surface area contributed by atoms with Gasteiger partial charge in [0.15, 0.2) is 0 Å². The zero-order valence-corrected chi connectivity index (χ0v) is 13.9. The van der Waals surface area contributed by atoms with Crippen molar-refractivity contribution in [3.8, 4) is 0 Å². The van der Waals surface area contributed by atoms with Crippen molar-refractivity contribution in [2.24, 2.45) is 4.40 Å². The Kier molecular flexibility index (Phi) is 4.83. The number of benzene rings is 1. The van der Waals surface area contributed by atoms with Gasteiger partial charge in [0, 0.05) is 10.5 Å². The number of halogens is 3. The molecule has 0 fully saturated rings. The third kappa shape index (κ3) is 3.28. The average Bonchev–Trinajstić information content (AvgIpc) is 2.36. The molecule has 0 unspecified atom stereocenters. The average molecular weight is 408 g/mol. The van der Waals surface area contributed by atoms with Crippen LogP contribution in [0.2, 0.25) is 0 Å². The van der Waals surface area contributed by atoms with E-state index in [4.69, 9.17) is 5.41 Å². The summed E-state index contributed by atoms with van der Waals surface area (Å²) in [5.74, 6) is -2.16. The molecular formula is C12H8BrF2N3O2S2. The Hall–Kier alpha value is -1.52. The quantitative estimate of drug-likeness (QED) is 0.531. The zero-order valence-electron chi connectivity index (χ0n) is 10.6. The number of allylic oxidation sites excluding steroid dienone is 4. The van der Waals surface area contributed by atoms with Crippen LogP contribution in [0.3, 0.4) is 0 Å². The lowest BCUT2D eigenvalue weighted by atomic mass is 10.1. The molecule has 10 heteroatoms. The largest absolute Gasteiger partial charge is 0.299 e. The normalized spacial score (nSPS) is 16.8. The minimum absolute atomic E-state index is 0.0203. The lowest BCUT2D eigenvalue weighted by Crippen LogP contribution is -2.32. The predicted octanol–water partition coefficient (Wildman–Crippen LogP) is 2.76. The van der Waals surface area contributed by atoms with Crippen LogP contribution in [0, 0.1) is 17.0 Å². The van der Waals surface area contributed by atoms with E-state index >= 15 is 0 Å². The summed E-state index contributed by atoms with van der Waals surface area (Å²) >= 11 is 6.50. The molecule has 0 amide bonds. The lowest BCUT2D eigenvalue weighted by molar-refractivity contribution is 0.544. The molecule has 1 aliphatic rings. The van der Waals surface area contributed by atoms with Crippen LogP contribution in [0.1, 0.15) is 0 Å². The third-order valence-corrected chi connectivity index (χ3v) is 5.14. The van der Waals surface area contributed by atoms with E-state index in [1.807, 2.05) is 0 Å². The van der Waals surface area contributed by atoms with Crippen molar-refractivity contribution in [1.82, 2.24) is 4.72 Å². The molecule has 5 nitrogen and oxygen atoms in total. The maximum absolute atomic E-state index is 13.8. The highest BCUT2D eigenvalue weighted by Gasteiger charge is 2.27. The Morgan fingerprint density at radius 3 is 2.59 bits per heavy atom. The van der Waals surface area contributed by atoms with Crippen molar-refractivity contribution in [2.45, 2.75) is 4.90 Å². The van der Waals surface area contributed by atoms with Gasteiger partial charge in [0.2, 0.25) is 0 Å². The van der Waals surface area contributed by atoms with Crippen molar-refractivity contribution in [3.63, 3.8) is 0 Å². The molecule has 0 saturated carbocycles. The molecule has 1 aromatic rings. The molecule has 2 N–H and O–H groups in total. The van der Waals surface area contributed by atoms with Gasteiger partial charge in [-0.3, -0.25) is 10.1 Å². The Balaban J connectivity index is 2.48. The summed E-state index contributed by atoms with van der Waals surface area (Å²) in [5, 5.41) is 7.63. The number of nitrogens with one attached hydrogen (secondary N) is 2. The van der Waals surface area contributed by atoms with Crippen molar-refractivity contribution < 1.29 is 17.2 Å². The van der Waals surface area contributed by atoms with Crippen LogP contribution in [0.5, 0.6) is 0 Å².